The molecule has 0 bridgehead atoms. The molecule has 3 nitrogen and oxygen atoms in total. The Morgan fingerprint density at radius 3 is 2.67 bits per heavy atom. The number of likely N-dealkylation sites (tertiary alicyclic amines) is 1. The van der Waals surface area contributed by atoms with E-state index in [2.05, 4.69) is 17.1 Å². The van der Waals surface area contributed by atoms with Crippen LogP contribution in [0.5, 0.6) is 0 Å². The summed E-state index contributed by atoms with van der Waals surface area (Å²) in [4.78, 5) is 2.75. The van der Waals surface area contributed by atoms with Crippen LogP contribution in [0.3, 0.4) is 0 Å². The molecule has 3 heteroatoms. The molecule has 0 aromatic heterocycles. The van der Waals surface area contributed by atoms with Crippen LogP contribution in [0.1, 0.15) is 51.9 Å². The van der Waals surface area contributed by atoms with Crippen LogP contribution in [-0.4, -0.2) is 48.3 Å². The van der Waals surface area contributed by atoms with E-state index >= 15 is 0 Å². The maximum atomic E-state index is 8.87. The zero-order chi connectivity index (χ0) is 12.8. The molecule has 1 heterocycles. The molecule has 18 heavy (non-hydrogen) atoms. The van der Waals surface area contributed by atoms with Crippen molar-refractivity contribution in [3.05, 3.63) is 0 Å². The van der Waals surface area contributed by atoms with Gasteiger partial charge in [-0.05, 0) is 38.1 Å². The van der Waals surface area contributed by atoms with Crippen LogP contribution in [0.15, 0.2) is 0 Å². The Balaban J connectivity index is 1.82. The average Bonchev–Trinajstić information content (AvgIpc) is 2.92. The van der Waals surface area contributed by atoms with Gasteiger partial charge in [0.1, 0.15) is 0 Å². The SMILES string of the molecule is CCC1CC(NCCCO)CN(C2CCCC2)C1. The fourth-order valence-corrected chi connectivity index (χ4v) is 3.64. The normalized spacial score (nSPS) is 31.0. The molecule has 1 aliphatic heterocycles. The van der Waals surface area contributed by atoms with Crippen molar-refractivity contribution in [3.63, 3.8) is 0 Å². The molecule has 0 aromatic carbocycles. The summed E-state index contributed by atoms with van der Waals surface area (Å²) in [6, 6.07) is 1.51. The highest BCUT2D eigenvalue weighted by atomic mass is 16.3. The lowest BCUT2D eigenvalue weighted by atomic mass is 9.90. The van der Waals surface area contributed by atoms with E-state index in [0.29, 0.717) is 12.6 Å². The van der Waals surface area contributed by atoms with E-state index in [1.54, 1.807) is 0 Å². The van der Waals surface area contributed by atoms with E-state index in [4.69, 9.17) is 5.11 Å². The van der Waals surface area contributed by atoms with Crippen molar-refractivity contribution in [2.75, 3.05) is 26.2 Å². The number of hydrogen-bond donors (Lipinski definition) is 2. The molecule has 1 saturated carbocycles. The summed E-state index contributed by atoms with van der Waals surface area (Å²) >= 11 is 0. The summed E-state index contributed by atoms with van der Waals surface area (Å²) in [6.07, 6.45) is 9.21. The Labute approximate surface area is 112 Å². The standard InChI is InChI=1S/C15H30N2O/c1-2-13-10-14(16-8-5-9-18)12-17(11-13)15-6-3-4-7-15/h13-16,18H,2-12H2,1H3. The van der Waals surface area contributed by atoms with Crippen LogP contribution < -0.4 is 5.32 Å². The maximum absolute atomic E-state index is 8.87. The third-order valence-electron chi connectivity index (χ3n) is 4.75. The smallest absolute Gasteiger partial charge is 0.0443 e. The molecule has 2 N–H and O–H groups in total. The van der Waals surface area contributed by atoms with Crippen molar-refractivity contribution < 1.29 is 5.11 Å². The number of piperidine rings is 1. The number of rotatable bonds is 6. The molecule has 0 aromatic rings. The van der Waals surface area contributed by atoms with Gasteiger partial charge in [0, 0.05) is 31.8 Å². The van der Waals surface area contributed by atoms with Crippen LogP contribution in [0, 0.1) is 5.92 Å². The summed E-state index contributed by atoms with van der Waals surface area (Å²) in [6.45, 7) is 6.15. The van der Waals surface area contributed by atoms with E-state index in [-0.39, 0.29) is 0 Å². The van der Waals surface area contributed by atoms with Gasteiger partial charge in [0.15, 0.2) is 0 Å². The maximum Gasteiger partial charge on any atom is 0.0443 e. The topological polar surface area (TPSA) is 35.5 Å². The predicted molar refractivity (Wildman–Crippen MR) is 75.7 cm³/mol. The second-order valence-corrected chi connectivity index (χ2v) is 6.13. The average molecular weight is 254 g/mol. The van der Waals surface area contributed by atoms with Crippen molar-refractivity contribution >= 4 is 0 Å². The minimum Gasteiger partial charge on any atom is -0.396 e. The first-order chi connectivity index (χ1) is 8.83. The summed E-state index contributed by atoms with van der Waals surface area (Å²) < 4.78 is 0. The molecular formula is C15H30N2O. The minimum absolute atomic E-state index is 0.309. The van der Waals surface area contributed by atoms with Gasteiger partial charge >= 0.3 is 0 Å². The van der Waals surface area contributed by atoms with Crippen LogP contribution in [0.25, 0.3) is 0 Å². The highest BCUT2D eigenvalue weighted by Gasteiger charge is 2.31. The first-order valence-electron chi connectivity index (χ1n) is 7.91. The van der Waals surface area contributed by atoms with Crippen molar-refractivity contribution in [2.24, 2.45) is 5.92 Å². The first-order valence-corrected chi connectivity index (χ1v) is 7.91. The zero-order valence-electron chi connectivity index (χ0n) is 11.9. The van der Waals surface area contributed by atoms with Gasteiger partial charge in [0.2, 0.25) is 0 Å². The molecule has 2 aliphatic rings. The van der Waals surface area contributed by atoms with Gasteiger partial charge in [-0.15, -0.1) is 0 Å². The second kappa shape index (κ2) is 7.46. The molecule has 1 aliphatic carbocycles. The van der Waals surface area contributed by atoms with E-state index in [9.17, 15) is 0 Å². The Morgan fingerprint density at radius 1 is 1.22 bits per heavy atom. The highest BCUT2D eigenvalue weighted by Crippen LogP contribution is 2.29. The van der Waals surface area contributed by atoms with Crippen LogP contribution >= 0.6 is 0 Å². The molecule has 2 fully saturated rings. The van der Waals surface area contributed by atoms with E-state index in [0.717, 1.165) is 24.9 Å². The van der Waals surface area contributed by atoms with E-state index in [1.807, 2.05) is 0 Å². The molecule has 1 saturated heterocycles. The Hall–Kier alpha value is -0.120. The monoisotopic (exact) mass is 254 g/mol. The van der Waals surface area contributed by atoms with Crippen molar-refractivity contribution in [2.45, 2.75) is 64.0 Å². The van der Waals surface area contributed by atoms with Gasteiger partial charge in [0.05, 0.1) is 0 Å². The van der Waals surface area contributed by atoms with Crippen LogP contribution in [0.2, 0.25) is 0 Å². The lowest BCUT2D eigenvalue weighted by molar-refractivity contribution is 0.0966. The number of aliphatic hydroxyl groups is 1. The molecule has 2 rings (SSSR count). The number of hydrogen-bond acceptors (Lipinski definition) is 3. The molecule has 2 atom stereocenters. The van der Waals surface area contributed by atoms with Crippen LogP contribution in [0.4, 0.5) is 0 Å². The fraction of sp³-hybridized carbons (Fsp3) is 1.00. The summed E-state index contributed by atoms with van der Waals surface area (Å²) in [5, 5.41) is 12.5. The van der Waals surface area contributed by atoms with Gasteiger partial charge in [0.25, 0.3) is 0 Å². The highest BCUT2D eigenvalue weighted by molar-refractivity contribution is 4.88. The second-order valence-electron chi connectivity index (χ2n) is 6.13. The van der Waals surface area contributed by atoms with Crippen molar-refractivity contribution in [1.29, 1.82) is 0 Å². The lowest BCUT2D eigenvalue weighted by Gasteiger charge is -2.41. The van der Waals surface area contributed by atoms with Gasteiger partial charge in [-0.25, -0.2) is 0 Å². The number of nitrogens with one attached hydrogen (secondary N) is 1. The van der Waals surface area contributed by atoms with Gasteiger partial charge in [-0.2, -0.15) is 0 Å². The quantitative estimate of drug-likeness (QED) is 0.712. The number of aliphatic hydroxyl groups excluding tert-OH is 1. The largest absolute Gasteiger partial charge is 0.396 e. The van der Waals surface area contributed by atoms with Crippen LogP contribution in [-0.2, 0) is 0 Å². The summed E-state index contributed by atoms with van der Waals surface area (Å²) in [7, 11) is 0. The Kier molecular flexibility index (Phi) is 5.93. The van der Waals surface area contributed by atoms with Crippen molar-refractivity contribution in [3.8, 4) is 0 Å². The summed E-state index contributed by atoms with van der Waals surface area (Å²) in [5.74, 6) is 0.867. The van der Waals surface area contributed by atoms with Gasteiger partial charge in [-0.3, -0.25) is 4.90 Å². The summed E-state index contributed by atoms with van der Waals surface area (Å²) in [5.41, 5.74) is 0. The minimum atomic E-state index is 0.309. The molecule has 0 amide bonds. The van der Waals surface area contributed by atoms with E-state index < -0.39 is 0 Å². The molecular weight excluding hydrogens is 224 g/mol. The van der Waals surface area contributed by atoms with Gasteiger partial charge in [-0.1, -0.05) is 26.2 Å². The molecule has 106 valence electrons. The molecule has 0 radical (unpaired) electrons. The fourth-order valence-electron chi connectivity index (χ4n) is 3.64. The molecule has 2 unspecified atom stereocenters. The number of nitrogens with zero attached hydrogens (tertiary/aromatic N) is 1. The third-order valence-corrected chi connectivity index (χ3v) is 4.75. The van der Waals surface area contributed by atoms with Crippen molar-refractivity contribution in [1.82, 2.24) is 10.2 Å². The predicted octanol–water partition coefficient (Wildman–Crippen LogP) is 2.00. The molecule has 0 spiro atoms. The zero-order valence-corrected chi connectivity index (χ0v) is 11.9. The third kappa shape index (κ3) is 3.94. The Morgan fingerprint density at radius 2 is 2.00 bits per heavy atom. The van der Waals surface area contributed by atoms with Gasteiger partial charge < -0.3 is 10.4 Å². The lowest BCUT2D eigenvalue weighted by Crippen LogP contribution is -2.52. The van der Waals surface area contributed by atoms with E-state index in [1.165, 1.54) is 51.6 Å². The Bertz CT molecular complexity index is 229. The first kappa shape index (κ1) is 14.3.